The molecule has 0 aromatic heterocycles. The van der Waals surface area contributed by atoms with Gasteiger partial charge in [-0.25, -0.2) is 8.42 Å². The van der Waals surface area contributed by atoms with E-state index in [1.54, 1.807) is 37.0 Å². The van der Waals surface area contributed by atoms with Gasteiger partial charge in [0.15, 0.2) is 0 Å². The number of aryl methyl sites for hydroxylation is 1. The number of nitrogens with zero attached hydrogens (tertiary/aromatic N) is 1. The second-order valence-electron chi connectivity index (χ2n) is 4.54. The van der Waals surface area contributed by atoms with Crippen LogP contribution in [0.5, 0.6) is 0 Å². The Bertz CT molecular complexity index is 529. The summed E-state index contributed by atoms with van der Waals surface area (Å²) in [6.45, 7) is 3.89. The van der Waals surface area contributed by atoms with Gasteiger partial charge in [-0.1, -0.05) is 13.0 Å². The molecule has 1 atom stereocenters. The van der Waals surface area contributed by atoms with Crippen molar-refractivity contribution >= 4 is 27.5 Å². The third-order valence-corrected chi connectivity index (χ3v) is 5.99. The van der Waals surface area contributed by atoms with E-state index in [-0.39, 0.29) is 10.9 Å². The second-order valence-corrected chi connectivity index (χ2v) is 7.45. The molecular weight excluding hydrogens is 280 g/mol. The Hall–Kier alpha value is -0.720. The Balaban J connectivity index is 3.10. The molecular formula is C13H22N2O2S2. The van der Waals surface area contributed by atoms with E-state index in [4.69, 9.17) is 5.73 Å². The van der Waals surface area contributed by atoms with Crippen LogP contribution in [-0.2, 0) is 16.4 Å². The summed E-state index contributed by atoms with van der Waals surface area (Å²) in [7, 11) is -1.86. The molecule has 0 saturated carbocycles. The molecule has 0 aliphatic heterocycles. The van der Waals surface area contributed by atoms with Crippen LogP contribution in [0, 0.1) is 0 Å². The fraction of sp³-hybridized carbons (Fsp3) is 0.538. The average Bonchev–Trinajstić information content (AvgIpc) is 2.37. The predicted octanol–water partition coefficient (Wildman–Crippen LogP) is 2.20. The maximum absolute atomic E-state index is 12.5. The molecule has 2 N–H and O–H groups in total. The monoisotopic (exact) mass is 302 g/mol. The van der Waals surface area contributed by atoms with Gasteiger partial charge in [-0.05, 0) is 37.3 Å². The highest BCUT2D eigenvalue weighted by atomic mass is 32.2. The van der Waals surface area contributed by atoms with Crippen LogP contribution in [0.1, 0.15) is 19.4 Å². The smallest absolute Gasteiger partial charge is 0.243 e. The number of benzene rings is 1. The predicted molar refractivity (Wildman–Crippen MR) is 83.0 cm³/mol. The molecule has 0 aliphatic rings. The van der Waals surface area contributed by atoms with Crippen LogP contribution in [0.4, 0.5) is 5.69 Å². The highest BCUT2D eigenvalue weighted by Crippen LogP contribution is 2.22. The first-order valence-electron chi connectivity index (χ1n) is 6.20. The molecule has 1 aromatic rings. The number of thioether (sulfide) groups is 1. The van der Waals surface area contributed by atoms with Crippen molar-refractivity contribution < 1.29 is 8.42 Å². The molecule has 4 nitrogen and oxygen atoms in total. The minimum Gasteiger partial charge on any atom is -0.398 e. The van der Waals surface area contributed by atoms with Crippen LogP contribution in [-0.4, -0.2) is 37.8 Å². The summed E-state index contributed by atoms with van der Waals surface area (Å²) in [4.78, 5) is 0.262. The van der Waals surface area contributed by atoms with Crippen LogP contribution >= 0.6 is 11.8 Å². The van der Waals surface area contributed by atoms with Gasteiger partial charge < -0.3 is 5.73 Å². The summed E-state index contributed by atoms with van der Waals surface area (Å²) in [5, 5.41) is 0. The second kappa shape index (κ2) is 6.63. The SMILES string of the molecule is CCc1ccc(S(=O)(=O)N(C)C(C)CSC)cc1N. The van der Waals surface area contributed by atoms with E-state index in [2.05, 4.69) is 0 Å². The molecule has 0 heterocycles. The summed E-state index contributed by atoms with van der Waals surface area (Å²) in [5.74, 6) is 0.762. The van der Waals surface area contributed by atoms with Crippen molar-refractivity contribution in [2.24, 2.45) is 0 Å². The Morgan fingerprint density at radius 1 is 1.42 bits per heavy atom. The maximum atomic E-state index is 12.5. The third kappa shape index (κ3) is 3.64. The van der Waals surface area contributed by atoms with Gasteiger partial charge in [-0.15, -0.1) is 0 Å². The number of nitrogen functional groups attached to an aromatic ring is 1. The average molecular weight is 302 g/mol. The summed E-state index contributed by atoms with van der Waals surface area (Å²) >= 11 is 1.63. The first kappa shape index (κ1) is 16.3. The quantitative estimate of drug-likeness (QED) is 0.818. The third-order valence-electron chi connectivity index (χ3n) is 3.20. The standard InChI is InChI=1S/C13H22N2O2S2/c1-5-11-6-7-12(8-13(11)14)19(16,17)15(3)10(2)9-18-4/h6-8,10H,5,9,14H2,1-4H3. The zero-order chi connectivity index (χ0) is 14.6. The van der Waals surface area contributed by atoms with Crippen molar-refractivity contribution in [3.63, 3.8) is 0 Å². The van der Waals surface area contributed by atoms with Crippen molar-refractivity contribution in [2.75, 3.05) is 24.8 Å². The number of hydrogen-bond donors (Lipinski definition) is 1. The first-order valence-corrected chi connectivity index (χ1v) is 9.03. The van der Waals surface area contributed by atoms with Gasteiger partial charge in [-0.3, -0.25) is 0 Å². The molecule has 6 heteroatoms. The van der Waals surface area contributed by atoms with Crippen molar-refractivity contribution in [3.05, 3.63) is 23.8 Å². The van der Waals surface area contributed by atoms with Gasteiger partial charge in [0.2, 0.25) is 10.0 Å². The van der Waals surface area contributed by atoms with E-state index in [1.807, 2.05) is 20.1 Å². The summed E-state index contributed by atoms with van der Waals surface area (Å²) in [6.07, 6.45) is 2.76. The molecule has 0 bridgehead atoms. The lowest BCUT2D eigenvalue weighted by Crippen LogP contribution is -2.36. The van der Waals surface area contributed by atoms with Gasteiger partial charge in [0.1, 0.15) is 0 Å². The topological polar surface area (TPSA) is 63.4 Å². The molecule has 0 aliphatic carbocycles. The normalized spacial score (nSPS) is 13.7. The van der Waals surface area contributed by atoms with Gasteiger partial charge in [0.05, 0.1) is 4.90 Å². The van der Waals surface area contributed by atoms with Gasteiger partial charge >= 0.3 is 0 Å². The summed E-state index contributed by atoms with van der Waals surface area (Å²) < 4.78 is 26.3. The highest BCUT2D eigenvalue weighted by molar-refractivity contribution is 7.98. The molecule has 108 valence electrons. The number of anilines is 1. The maximum Gasteiger partial charge on any atom is 0.243 e. The molecule has 0 radical (unpaired) electrons. The van der Waals surface area contributed by atoms with E-state index in [1.165, 1.54) is 4.31 Å². The van der Waals surface area contributed by atoms with Crippen LogP contribution in [0.2, 0.25) is 0 Å². The van der Waals surface area contributed by atoms with Crippen molar-refractivity contribution in [1.82, 2.24) is 4.31 Å². The molecule has 0 amide bonds. The Morgan fingerprint density at radius 3 is 2.53 bits per heavy atom. The summed E-state index contributed by atoms with van der Waals surface area (Å²) in [6, 6.07) is 4.92. The lowest BCUT2D eigenvalue weighted by atomic mass is 10.1. The zero-order valence-electron chi connectivity index (χ0n) is 11.9. The Kier molecular flexibility index (Phi) is 5.70. The van der Waals surface area contributed by atoms with Gasteiger partial charge in [-0.2, -0.15) is 16.1 Å². The van der Waals surface area contributed by atoms with Gasteiger partial charge in [0, 0.05) is 24.5 Å². The van der Waals surface area contributed by atoms with Crippen molar-refractivity contribution in [2.45, 2.75) is 31.2 Å². The van der Waals surface area contributed by atoms with Crippen molar-refractivity contribution in [3.8, 4) is 0 Å². The van der Waals surface area contributed by atoms with E-state index in [0.717, 1.165) is 17.7 Å². The number of hydrogen-bond acceptors (Lipinski definition) is 4. The molecule has 1 unspecified atom stereocenters. The van der Waals surface area contributed by atoms with Gasteiger partial charge in [0.25, 0.3) is 0 Å². The van der Waals surface area contributed by atoms with E-state index in [9.17, 15) is 8.42 Å². The lowest BCUT2D eigenvalue weighted by Gasteiger charge is -2.24. The van der Waals surface area contributed by atoms with Crippen LogP contribution < -0.4 is 5.73 Å². The molecule has 0 fully saturated rings. The van der Waals surface area contributed by atoms with E-state index >= 15 is 0 Å². The molecule has 0 spiro atoms. The van der Waals surface area contributed by atoms with Crippen LogP contribution in [0.3, 0.4) is 0 Å². The minimum absolute atomic E-state index is 0.0490. The Morgan fingerprint density at radius 2 is 2.05 bits per heavy atom. The first-order chi connectivity index (χ1) is 8.84. The molecule has 1 rings (SSSR count). The van der Waals surface area contributed by atoms with Crippen molar-refractivity contribution in [1.29, 1.82) is 0 Å². The largest absolute Gasteiger partial charge is 0.398 e. The Labute approximate surface area is 120 Å². The number of sulfonamides is 1. The number of nitrogens with two attached hydrogens (primary N) is 1. The van der Waals surface area contributed by atoms with E-state index in [0.29, 0.717) is 5.69 Å². The van der Waals surface area contributed by atoms with E-state index < -0.39 is 10.0 Å². The fourth-order valence-corrected chi connectivity index (χ4v) is 4.00. The number of rotatable bonds is 6. The molecule has 0 saturated heterocycles. The summed E-state index contributed by atoms with van der Waals surface area (Å²) in [5.41, 5.74) is 7.38. The molecule has 1 aromatic carbocycles. The lowest BCUT2D eigenvalue weighted by molar-refractivity contribution is 0.415. The highest BCUT2D eigenvalue weighted by Gasteiger charge is 2.25. The zero-order valence-corrected chi connectivity index (χ0v) is 13.5. The molecule has 19 heavy (non-hydrogen) atoms. The fourth-order valence-electron chi connectivity index (χ4n) is 1.80. The van der Waals surface area contributed by atoms with Crippen LogP contribution in [0.25, 0.3) is 0 Å². The minimum atomic E-state index is -3.47. The van der Waals surface area contributed by atoms with Crippen LogP contribution in [0.15, 0.2) is 23.1 Å².